The molecule has 0 unspecified atom stereocenters. The van der Waals surface area contributed by atoms with E-state index in [4.69, 9.17) is 19.5 Å². The van der Waals surface area contributed by atoms with Gasteiger partial charge in [-0.1, -0.05) is 6.07 Å². The molecular weight excluding hydrogens is 226 g/mol. The second-order valence-electron chi connectivity index (χ2n) is 3.96. The standard InChI is InChI=1S/C11H16BFO4/c1-7(2)17-11-8(6-16-3)4-9(12(14)15)5-10(11)13/h4-5,7,14-15H,6H2,1-3H3. The lowest BCUT2D eigenvalue weighted by Crippen LogP contribution is -2.31. The fourth-order valence-electron chi connectivity index (χ4n) is 1.45. The molecule has 0 aliphatic heterocycles. The van der Waals surface area contributed by atoms with Crippen molar-refractivity contribution >= 4 is 12.6 Å². The van der Waals surface area contributed by atoms with Crippen LogP contribution in [0, 0.1) is 5.82 Å². The van der Waals surface area contributed by atoms with Crippen LogP contribution in [0.2, 0.25) is 0 Å². The molecule has 0 aromatic heterocycles. The van der Waals surface area contributed by atoms with Crippen molar-refractivity contribution < 1.29 is 23.9 Å². The lowest BCUT2D eigenvalue weighted by atomic mass is 9.79. The number of halogens is 1. The molecule has 1 rings (SSSR count). The highest BCUT2D eigenvalue weighted by atomic mass is 19.1. The molecule has 0 heterocycles. The van der Waals surface area contributed by atoms with E-state index in [1.54, 1.807) is 13.8 Å². The second kappa shape index (κ2) is 6.00. The monoisotopic (exact) mass is 242 g/mol. The zero-order valence-corrected chi connectivity index (χ0v) is 10.1. The maximum Gasteiger partial charge on any atom is 0.488 e. The Bertz CT molecular complexity index is 382. The van der Waals surface area contributed by atoms with Gasteiger partial charge < -0.3 is 19.5 Å². The third kappa shape index (κ3) is 3.69. The van der Waals surface area contributed by atoms with Gasteiger partial charge in [0.1, 0.15) is 0 Å². The Balaban J connectivity index is 3.17. The van der Waals surface area contributed by atoms with Gasteiger partial charge in [0.05, 0.1) is 12.7 Å². The van der Waals surface area contributed by atoms with E-state index >= 15 is 0 Å². The van der Waals surface area contributed by atoms with Crippen molar-refractivity contribution in [2.45, 2.75) is 26.6 Å². The third-order valence-electron chi connectivity index (χ3n) is 2.09. The molecule has 0 aliphatic carbocycles. The third-order valence-corrected chi connectivity index (χ3v) is 2.09. The van der Waals surface area contributed by atoms with Crippen LogP contribution in [-0.2, 0) is 11.3 Å². The summed E-state index contributed by atoms with van der Waals surface area (Å²) in [6, 6.07) is 2.50. The Morgan fingerprint density at radius 1 is 1.35 bits per heavy atom. The van der Waals surface area contributed by atoms with Crippen molar-refractivity contribution in [2.75, 3.05) is 7.11 Å². The molecule has 0 saturated heterocycles. The molecule has 1 aromatic carbocycles. The van der Waals surface area contributed by atoms with E-state index in [9.17, 15) is 4.39 Å². The zero-order chi connectivity index (χ0) is 13.0. The highest BCUT2D eigenvalue weighted by molar-refractivity contribution is 6.58. The van der Waals surface area contributed by atoms with Gasteiger partial charge in [0, 0.05) is 12.7 Å². The average Bonchev–Trinajstić information content (AvgIpc) is 2.22. The molecule has 6 heteroatoms. The Kier molecular flexibility index (Phi) is 4.93. The van der Waals surface area contributed by atoms with Crippen molar-refractivity contribution in [1.82, 2.24) is 0 Å². The summed E-state index contributed by atoms with van der Waals surface area (Å²) in [6.45, 7) is 3.70. The van der Waals surface area contributed by atoms with Crippen LogP contribution in [-0.4, -0.2) is 30.4 Å². The smallest absolute Gasteiger partial charge is 0.488 e. The molecule has 0 amide bonds. The molecule has 0 atom stereocenters. The fraction of sp³-hybridized carbons (Fsp3) is 0.455. The molecule has 4 nitrogen and oxygen atoms in total. The van der Waals surface area contributed by atoms with Gasteiger partial charge >= 0.3 is 7.12 Å². The molecule has 0 spiro atoms. The van der Waals surface area contributed by atoms with Crippen LogP contribution in [0.15, 0.2) is 12.1 Å². The first-order chi connectivity index (χ1) is 7.95. The summed E-state index contributed by atoms with van der Waals surface area (Å²) in [6.07, 6.45) is -0.176. The first kappa shape index (κ1) is 14.0. The first-order valence-corrected chi connectivity index (χ1v) is 5.29. The summed E-state index contributed by atoms with van der Waals surface area (Å²) in [5.41, 5.74) is 0.523. The zero-order valence-electron chi connectivity index (χ0n) is 10.1. The van der Waals surface area contributed by atoms with E-state index in [-0.39, 0.29) is 23.9 Å². The summed E-state index contributed by atoms with van der Waals surface area (Å²) in [4.78, 5) is 0. The molecule has 1 aromatic rings. The molecule has 0 bridgehead atoms. The predicted octanol–water partition coefficient (Wildman–Crippen LogP) is 0.439. The predicted molar refractivity (Wildman–Crippen MR) is 62.7 cm³/mol. The topological polar surface area (TPSA) is 58.9 Å². The van der Waals surface area contributed by atoms with Gasteiger partial charge in [-0.2, -0.15) is 0 Å². The number of benzene rings is 1. The molecule has 2 N–H and O–H groups in total. The first-order valence-electron chi connectivity index (χ1n) is 5.29. The van der Waals surface area contributed by atoms with Gasteiger partial charge in [0.25, 0.3) is 0 Å². The van der Waals surface area contributed by atoms with Crippen LogP contribution in [0.25, 0.3) is 0 Å². The van der Waals surface area contributed by atoms with E-state index in [1.807, 2.05) is 0 Å². The van der Waals surface area contributed by atoms with Crippen molar-refractivity contribution in [3.8, 4) is 5.75 Å². The fourth-order valence-corrected chi connectivity index (χ4v) is 1.45. The van der Waals surface area contributed by atoms with Crippen LogP contribution in [0.1, 0.15) is 19.4 Å². The molecule has 0 fully saturated rings. The van der Waals surface area contributed by atoms with Crippen molar-refractivity contribution in [1.29, 1.82) is 0 Å². The summed E-state index contributed by atoms with van der Waals surface area (Å²) >= 11 is 0. The van der Waals surface area contributed by atoms with Crippen LogP contribution in [0.5, 0.6) is 5.75 Å². The van der Waals surface area contributed by atoms with E-state index in [0.29, 0.717) is 5.56 Å². The van der Waals surface area contributed by atoms with Crippen LogP contribution in [0.4, 0.5) is 4.39 Å². The highest BCUT2D eigenvalue weighted by Gasteiger charge is 2.19. The van der Waals surface area contributed by atoms with Gasteiger partial charge in [-0.3, -0.25) is 0 Å². The quantitative estimate of drug-likeness (QED) is 0.735. The second-order valence-corrected chi connectivity index (χ2v) is 3.96. The largest absolute Gasteiger partial charge is 0.488 e. The molecule has 0 radical (unpaired) electrons. The number of ether oxygens (including phenoxy) is 2. The van der Waals surface area contributed by atoms with Gasteiger partial charge in [0.2, 0.25) is 0 Å². The molecule has 94 valence electrons. The summed E-state index contributed by atoms with van der Waals surface area (Å²) < 4.78 is 24.0. The summed E-state index contributed by atoms with van der Waals surface area (Å²) in [5, 5.41) is 18.0. The minimum absolute atomic E-state index is 0.0747. The van der Waals surface area contributed by atoms with Gasteiger partial charge in [-0.05, 0) is 25.4 Å². The maximum absolute atomic E-state index is 13.8. The lowest BCUT2D eigenvalue weighted by molar-refractivity contribution is 0.172. The molecule has 0 saturated carbocycles. The van der Waals surface area contributed by atoms with Crippen LogP contribution < -0.4 is 10.2 Å². The molecule has 17 heavy (non-hydrogen) atoms. The lowest BCUT2D eigenvalue weighted by Gasteiger charge is -2.16. The van der Waals surface area contributed by atoms with E-state index in [0.717, 1.165) is 6.07 Å². The Hall–Kier alpha value is -1.11. The Morgan fingerprint density at radius 3 is 2.47 bits per heavy atom. The van der Waals surface area contributed by atoms with Crippen molar-refractivity contribution in [3.63, 3.8) is 0 Å². The van der Waals surface area contributed by atoms with Crippen molar-refractivity contribution in [2.24, 2.45) is 0 Å². The SMILES string of the molecule is COCc1cc(B(O)O)cc(F)c1OC(C)C. The Morgan fingerprint density at radius 2 is 2.00 bits per heavy atom. The number of rotatable bonds is 5. The number of methoxy groups -OCH3 is 1. The Labute approximate surface area is 100 Å². The van der Waals surface area contributed by atoms with Crippen LogP contribution in [0.3, 0.4) is 0 Å². The normalized spacial score (nSPS) is 10.8. The minimum atomic E-state index is -1.71. The number of hydrogen-bond donors (Lipinski definition) is 2. The van der Waals surface area contributed by atoms with Gasteiger partial charge in [0.15, 0.2) is 11.6 Å². The van der Waals surface area contributed by atoms with Crippen LogP contribution >= 0.6 is 0 Å². The van der Waals surface area contributed by atoms with Crippen molar-refractivity contribution in [3.05, 3.63) is 23.5 Å². The minimum Gasteiger partial charge on any atom is -0.488 e. The summed E-state index contributed by atoms with van der Waals surface area (Å²) in [7, 11) is -0.243. The van der Waals surface area contributed by atoms with E-state index in [1.165, 1.54) is 13.2 Å². The maximum atomic E-state index is 13.8. The number of hydrogen-bond acceptors (Lipinski definition) is 4. The van der Waals surface area contributed by atoms with E-state index in [2.05, 4.69) is 0 Å². The average molecular weight is 242 g/mol. The summed E-state index contributed by atoms with van der Waals surface area (Å²) in [5.74, 6) is -0.539. The van der Waals surface area contributed by atoms with Gasteiger partial charge in [-0.25, -0.2) is 4.39 Å². The molecule has 0 aliphatic rings. The molecular formula is C11H16BFO4. The highest BCUT2D eigenvalue weighted by Crippen LogP contribution is 2.23. The van der Waals surface area contributed by atoms with E-state index < -0.39 is 12.9 Å². The van der Waals surface area contributed by atoms with Gasteiger partial charge in [-0.15, -0.1) is 0 Å².